The predicted octanol–water partition coefficient (Wildman–Crippen LogP) is -1.99. The molecule has 0 rings (SSSR count). The minimum Gasteiger partial charge on any atom is -0.381 e. The first kappa shape index (κ1) is 19.2. The number of amides is 2. The lowest BCUT2D eigenvalue weighted by Gasteiger charge is -2.18. The van der Waals surface area contributed by atoms with Crippen molar-refractivity contribution in [1.82, 2.24) is 10.0 Å². The molecule has 20 heavy (non-hydrogen) atoms. The number of nitrogens with one attached hydrogen (secondary N) is 2. The molecule has 0 heterocycles. The molecule has 0 aromatic carbocycles. The number of thioether (sulfide) groups is 1. The molecule has 0 aliphatic rings. The van der Waals surface area contributed by atoms with Crippen molar-refractivity contribution < 1.29 is 23.1 Å². The first-order chi connectivity index (χ1) is 9.23. The van der Waals surface area contributed by atoms with E-state index in [2.05, 4.69) is 10.0 Å². The monoisotopic (exact) mass is 327 g/mol. The number of hydrogen-bond donors (Lipinski definition) is 4. The third kappa shape index (κ3) is 7.68. The average molecular weight is 327 g/mol. The second kappa shape index (κ2) is 9.16. The Morgan fingerprint density at radius 1 is 1.40 bits per heavy atom. The van der Waals surface area contributed by atoms with Gasteiger partial charge in [-0.1, -0.05) is 0 Å². The van der Waals surface area contributed by atoms with Gasteiger partial charge in [0.15, 0.2) is 0 Å². The maximum Gasteiger partial charge on any atom is 0.248 e. The van der Waals surface area contributed by atoms with E-state index < -0.39 is 34.0 Å². The molecule has 0 fully saturated rings. The summed E-state index contributed by atoms with van der Waals surface area (Å²) < 4.78 is 25.3. The molecule has 2 atom stereocenters. The minimum absolute atomic E-state index is 0.139. The molecule has 0 aliphatic heterocycles. The van der Waals surface area contributed by atoms with E-state index in [0.717, 1.165) is 0 Å². The third-order valence-corrected chi connectivity index (χ3v) is 4.47. The topological polar surface area (TPSA) is 139 Å². The summed E-state index contributed by atoms with van der Waals surface area (Å²) >= 11 is 1.47. The molecular formula is C10H21N3O5S2. The van der Waals surface area contributed by atoms with Crippen LogP contribution in [-0.2, 0) is 19.6 Å². The van der Waals surface area contributed by atoms with E-state index in [0.29, 0.717) is 12.2 Å². The zero-order valence-corrected chi connectivity index (χ0v) is 13.1. The predicted molar refractivity (Wildman–Crippen MR) is 77.6 cm³/mol. The SMILES string of the molecule is CCS(=O)(=O)NC(CCSC)C(=O)NCC(O)C(N)=O. The number of sulfonamides is 1. The van der Waals surface area contributed by atoms with Crippen molar-refractivity contribution in [2.45, 2.75) is 25.5 Å². The van der Waals surface area contributed by atoms with Gasteiger partial charge in [0.25, 0.3) is 0 Å². The second-order valence-electron chi connectivity index (χ2n) is 4.02. The van der Waals surface area contributed by atoms with Crippen LogP contribution in [0.1, 0.15) is 13.3 Å². The highest BCUT2D eigenvalue weighted by Crippen LogP contribution is 2.03. The fourth-order valence-electron chi connectivity index (χ4n) is 1.20. The highest BCUT2D eigenvalue weighted by Gasteiger charge is 2.24. The maximum atomic E-state index is 11.9. The molecule has 118 valence electrons. The van der Waals surface area contributed by atoms with Crippen molar-refractivity contribution in [2.24, 2.45) is 5.73 Å². The van der Waals surface area contributed by atoms with Gasteiger partial charge in [-0.05, 0) is 25.4 Å². The van der Waals surface area contributed by atoms with Crippen LogP contribution < -0.4 is 15.8 Å². The van der Waals surface area contributed by atoms with E-state index in [1.54, 1.807) is 0 Å². The Morgan fingerprint density at radius 2 is 2.00 bits per heavy atom. The summed E-state index contributed by atoms with van der Waals surface area (Å²) in [5, 5.41) is 11.5. The van der Waals surface area contributed by atoms with E-state index in [1.807, 2.05) is 6.26 Å². The Bertz CT molecular complexity index is 427. The molecule has 0 bridgehead atoms. The van der Waals surface area contributed by atoms with Gasteiger partial charge in [0, 0.05) is 0 Å². The zero-order valence-electron chi connectivity index (χ0n) is 11.5. The van der Waals surface area contributed by atoms with Gasteiger partial charge in [-0.2, -0.15) is 11.8 Å². The molecule has 0 aromatic heterocycles. The number of carbonyl (C=O) groups excluding carboxylic acids is 2. The van der Waals surface area contributed by atoms with Crippen molar-refractivity contribution >= 4 is 33.6 Å². The van der Waals surface area contributed by atoms with E-state index in [4.69, 9.17) is 5.73 Å². The summed E-state index contributed by atoms with van der Waals surface area (Å²) in [5.74, 6) is -1.11. The lowest BCUT2D eigenvalue weighted by Crippen LogP contribution is -2.50. The van der Waals surface area contributed by atoms with Crippen molar-refractivity contribution in [1.29, 1.82) is 0 Å². The standard InChI is InChI=1S/C10H21N3O5S2/c1-3-20(17,18)13-7(4-5-19-2)10(16)12-6-8(14)9(11)15/h7-8,13-14H,3-6H2,1-2H3,(H2,11,15)(H,12,16). The first-order valence-corrected chi connectivity index (χ1v) is 9.02. The molecule has 0 spiro atoms. The van der Waals surface area contributed by atoms with E-state index in [9.17, 15) is 23.1 Å². The summed E-state index contributed by atoms with van der Waals surface area (Å²) in [7, 11) is -3.52. The van der Waals surface area contributed by atoms with Gasteiger partial charge >= 0.3 is 0 Å². The number of hydrogen-bond acceptors (Lipinski definition) is 6. The molecule has 0 saturated heterocycles. The molecular weight excluding hydrogens is 306 g/mol. The smallest absolute Gasteiger partial charge is 0.248 e. The second-order valence-corrected chi connectivity index (χ2v) is 7.05. The van der Waals surface area contributed by atoms with Crippen LogP contribution in [0.15, 0.2) is 0 Å². The van der Waals surface area contributed by atoms with Gasteiger partial charge < -0.3 is 16.2 Å². The normalized spacial score (nSPS) is 14.6. The van der Waals surface area contributed by atoms with E-state index >= 15 is 0 Å². The van der Waals surface area contributed by atoms with E-state index in [-0.39, 0.29) is 12.3 Å². The summed E-state index contributed by atoms with van der Waals surface area (Å²) in [6.07, 6.45) is 0.641. The van der Waals surface area contributed by atoms with Gasteiger partial charge in [0.05, 0.1) is 12.3 Å². The van der Waals surface area contributed by atoms with Crippen molar-refractivity contribution in [3.05, 3.63) is 0 Å². The molecule has 10 heteroatoms. The van der Waals surface area contributed by atoms with Crippen LogP contribution >= 0.6 is 11.8 Å². The largest absolute Gasteiger partial charge is 0.381 e. The number of aliphatic hydroxyl groups excluding tert-OH is 1. The van der Waals surface area contributed by atoms with Crippen LogP contribution in [0.25, 0.3) is 0 Å². The molecule has 0 aromatic rings. The zero-order chi connectivity index (χ0) is 15.8. The summed E-state index contributed by atoms with van der Waals surface area (Å²) in [6, 6.07) is -0.938. The Hall–Kier alpha value is -0.840. The van der Waals surface area contributed by atoms with Crippen molar-refractivity contribution in [2.75, 3.05) is 24.3 Å². The fraction of sp³-hybridized carbons (Fsp3) is 0.800. The highest BCUT2D eigenvalue weighted by atomic mass is 32.2. The van der Waals surface area contributed by atoms with Gasteiger partial charge in [0.2, 0.25) is 21.8 Å². The summed E-state index contributed by atoms with van der Waals surface area (Å²) in [4.78, 5) is 22.5. The highest BCUT2D eigenvalue weighted by molar-refractivity contribution is 7.98. The van der Waals surface area contributed by atoms with Crippen LogP contribution in [0.3, 0.4) is 0 Å². The first-order valence-electron chi connectivity index (χ1n) is 5.97. The number of aliphatic hydroxyl groups is 1. The van der Waals surface area contributed by atoms with E-state index in [1.165, 1.54) is 18.7 Å². The Labute approximate surface area is 122 Å². The van der Waals surface area contributed by atoms with Gasteiger partial charge in [-0.25, -0.2) is 13.1 Å². The molecule has 2 unspecified atom stereocenters. The van der Waals surface area contributed by atoms with Crippen LogP contribution in [-0.4, -0.2) is 61.8 Å². The summed E-state index contributed by atoms with van der Waals surface area (Å²) in [5.41, 5.74) is 4.85. The lowest BCUT2D eigenvalue weighted by atomic mass is 10.2. The van der Waals surface area contributed by atoms with Crippen molar-refractivity contribution in [3.8, 4) is 0 Å². The molecule has 0 saturated carbocycles. The lowest BCUT2D eigenvalue weighted by molar-refractivity contribution is -0.127. The van der Waals surface area contributed by atoms with Crippen LogP contribution in [0.2, 0.25) is 0 Å². The number of carbonyl (C=O) groups is 2. The molecule has 8 nitrogen and oxygen atoms in total. The van der Waals surface area contributed by atoms with Crippen LogP contribution in [0.4, 0.5) is 0 Å². The quantitative estimate of drug-likeness (QED) is 0.366. The molecule has 2 amide bonds. The van der Waals surface area contributed by atoms with Gasteiger partial charge in [-0.15, -0.1) is 0 Å². The van der Waals surface area contributed by atoms with Crippen molar-refractivity contribution in [3.63, 3.8) is 0 Å². The fourth-order valence-corrected chi connectivity index (χ4v) is 2.50. The Balaban J connectivity index is 4.60. The van der Waals surface area contributed by atoms with Gasteiger partial charge in [0.1, 0.15) is 12.1 Å². The van der Waals surface area contributed by atoms with Crippen LogP contribution in [0, 0.1) is 0 Å². The number of primary amides is 1. The Morgan fingerprint density at radius 3 is 2.45 bits per heavy atom. The molecule has 0 aliphatic carbocycles. The maximum absolute atomic E-state index is 11.9. The van der Waals surface area contributed by atoms with Gasteiger partial charge in [-0.3, -0.25) is 9.59 Å². The van der Waals surface area contributed by atoms with Crippen LogP contribution in [0.5, 0.6) is 0 Å². The Kier molecular flexibility index (Phi) is 8.78. The minimum atomic E-state index is -3.52. The third-order valence-electron chi connectivity index (χ3n) is 2.43. The number of rotatable bonds is 10. The molecule has 0 radical (unpaired) electrons. The summed E-state index contributed by atoms with van der Waals surface area (Å²) in [6.45, 7) is 1.11. The molecule has 5 N–H and O–H groups in total. The number of nitrogens with two attached hydrogens (primary N) is 1. The average Bonchev–Trinajstić information content (AvgIpc) is 2.40.